The van der Waals surface area contributed by atoms with E-state index >= 15 is 0 Å². The number of hydrogen-bond acceptors (Lipinski definition) is 1. The van der Waals surface area contributed by atoms with Crippen LogP contribution in [0.15, 0.2) is 30.3 Å². The van der Waals surface area contributed by atoms with Gasteiger partial charge in [-0.3, -0.25) is 4.79 Å². The van der Waals surface area contributed by atoms with E-state index < -0.39 is 0 Å². The molecule has 0 fully saturated rings. The van der Waals surface area contributed by atoms with Gasteiger partial charge in [-0.2, -0.15) is 0 Å². The van der Waals surface area contributed by atoms with Gasteiger partial charge in [0.15, 0.2) is 5.78 Å². The Labute approximate surface area is 91.9 Å². The van der Waals surface area contributed by atoms with Crippen LogP contribution in [0, 0.1) is 0 Å². The van der Waals surface area contributed by atoms with E-state index in [4.69, 9.17) is 0 Å². The second-order valence-electron chi connectivity index (χ2n) is 3.25. The van der Waals surface area contributed by atoms with Gasteiger partial charge in [-0.25, -0.2) is 0 Å². The van der Waals surface area contributed by atoms with Crippen LogP contribution in [0.5, 0.6) is 0 Å². The Balaban J connectivity index is 0.00000169. The number of rotatable bonds is 5. The fourth-order valence-electron chi connectivity index (χ4n) is 1.30. The Kier molecular flexibility index (Phi) is 7.13. The molecule has 0 aliphatic carbocycles. The molecule has 2 heteroatoms. The maximum absolute atomic E-state index is 11.5. The maximum atomic E-state index is 11.5. The molecule has 0 aliphatic heterocycles. The van der Waals surface area contributed by atoms with Gasteiger partial charge < -0.3 is 0 Å². The zero-order valence-electron chi connectivity index (χ0n) is 8.53. The summed E-state index contributed by atoms with van der Waals surface area (Å²) in [6.45, 7) is 2.15. The molecule has 0 unspecified atom stereocenters. The van der Waals surface area contributed by atoms with Gasteiger partial charge in [0.25, 0.3) is 0 Å². The van der Waals surface area contributed by atoms with Crippen LogP contribution < -0.4 is 0 Å². The van der Waals surface area contributed by atoms with Gasteiger partial charge in [0.1, 0.15) is 0 Å². The van der Waals surface area contributed by atoms with Crippen molar-refractivity contribution in [3.8, 4) is 0 Å². The maximum Gasteiger partial charge on any atom is 0.162 e. The first-order chi connectivity index (χ1) is 6.34. The minimum atomic E-state index is 0. The summed E-state index contributed by atoms with van der Waals surface area (Å²) in [5.41, 5.74) is 0.846. The van der Waals surface area contributed by atoms with Gasteiger partial charge in [-0.15, -0.1) is 12.4 Å². The largest absolute Gasteiger partial charge is 0.294 e. The lowest BCUT2D eigenvalue weighted by Crippen LogP contribution is -1.97. The van der Waals surface area contributed by atoms with Gasteiger partial charge in [-0.05, 0) is 6.42 Å². The van der Waals surface area contributed by atoms with Crippen molar-refractivity contribution in [3.63, 3.8) is 0 Å². The number of carbonyl (C=O) groups excluding carboxylic acids is 1. The zero-order chi connectivity index (χ0) is 9.52. The fraction of sp³-hybridized carbons (Fsp3) is 0.417. The minimum absolute atomic E-state index is 0. The smallest absolute Gasteiger partial charge is 0.162 e. The molecule has 0 aliphatic rings. The van der Waals surface area contributed by atoms with E-state index in [2.05, 4.69) is 6.92 Å². The lowest BCUT2D eigenvalue weighted by atomic mass is 10.1. The third-order valence-electron chi connectivity index (χ3n) is 2.10. The van der Waals surface area contributed by atoms with Gasteiger partial charge in [0.2, 0.25) is 0 Å². The molecule has 0 saturated carbocycles. The molecule has 0 amide bonds. The minimum Gasteiger partial charge on any atom is -0.294 e. The molecule has 0 saturated heterocycles. The van der Waals surface area contributed by atoms with Crippen LogP contribution in [0.1, 0.15) is 43.0 Å². The van der Waals surface area contributed by atoms with Gasteiger partial charge >= 0.3 is 0 Å². The zero-order valence-corrected chi connectivity index (χ0v) is 9.35. The first kappa shape index (κ1) is 13.2. The number of carbonyl (C=O) groups is 1. The fourth-order valence-corrected chi connectivity index (χ4v) is 1.30. The average molecular weight is 213 g/mol. The highest BCUT2D eigenvalue weighted by Gasteiger charge is 2.02. The number of Topliss-reactive ketones (excluding diaryl/α,β-unsaturated/α-hetero) is 1. The molecule has 0 atom stereocenters. The van der Waals surface area contributed by atoms with Crippen LogP contribution in [0.4, 0.5) is 0 Å². The summed E-state index contributed by atoms with van der Waals surface area (Å²) in [6, 6.07) is 9.52. The highest BCUT2D eigenvalue weighted by Crippen LogP contribution is 2.07. The molecule has 0 radical (unpaired) electrons. The second-order valence-corrected chi connectivity index (χ2v) is 3.25. The number of unbranched alkanes of at least 4 members (excludes halogenated alkanes) is 2. The van der Waals surface area contributed by atoms with Gasteiger partial charge in [0.05, 0.1) is 0 Å². The Bertz CT molecular complexity index is 256. The van der Waals surface area contributed by atoms with Crippen molar-refractivity contribution >= 4 is 18.2 Å². The van der Waals surface area contributed by atoms with Gasteiger partial charge in [0, 0.05) is 12.0 Å². The first-order valence-corrected chi connectivity index (χ1v) is 4.93. The third-order valence-corrected chi connectivity index (χ3v) is 2.10. The predicted molar refractivity (Wildman–Crippen MR) is 62.2 cm³/mol. The molecule has 0 spiro atoms. The Morgan fingerprint density at radius 3 is 2.36 bits per heavy atom. The van der Waals surface area contributed by atoms with Crippen molar-refractivity contribution in [2.45, 2.75) is 32.6 Å². The molecule has 1 nitrogen and oxygen atoms in total. The molecule has 78 valence electrons. The first-order valence-electron chi connectivity index (χ1n) is 4.93. The topological polar surface area (TPSA) is 17.1 Å². The van der Waals surface area contributed by atoms with Crippen molar-refractivity contribution in [3.05, 3.63) is 35.9 Å². The van der Waals surface area contributed by atoms with E-state index in [-0.39, 0.29) is 18.2 Å². The van der Waals surface area contributed by atoms with Crippen LogP contribution in [0.3, 0.4) is 0 Å². The molecular formula is C12H17ClO. The van der Waals surface area contributed by atoms with Crippen molar-refractivity contribution < 1.29 is 4.79 Å². The van der Waals surface area contributed by atoms with E-state index in [1.807, 2.05) is 30.3 Å². The van der Waals surface area contributed by atoms with Crippen LogP contribution in [0.25, 0.3) is 0 Å². The predicted octanol–water partition coefficient (Wildman–Crippen LogP) is 3.87. The SMILES string of the molecule is CCCCCC(=O)c1ccccc1.Cl. The molecule has 0 aromatic heterocycles. The molecule has 1 aromatic carbocycles. The molecule has 0 bridgehead atoms. The van der Waals surface area contributed by atoms with Gasteiger partial charge in [-0.1, -0.05) is 50.1 Å². The third kappa shape index (κ3) is 4.43. The van der Waals surface area contributed by atoms with E-state index in [0.717, 1.165) is 18.4 Å². The lowest BCUT2D eigenvalue weighted by Gasteiger charge is -1.99. The number of hydrogen-bond donors (Lipinski definition) is 0. The number of halogens is 1. The quantitative estimate of drug-likeness (QED) is 0.535. The summed E-state index contributed by atoms with van der Waals surface area (Å²) in [4.78, 5) is 11.5. The lowest BCUT2D eigenvalue weighted by molar-refractivity contribution is 0.0979. The average Bonchev–Trinajstić information content (AvgIpc) is 2.19. The van der Waals surface area contributed by atoms with Crippen LogP contribution in [-0.4, -0.2) is 5.78 Å². The highest BCUT2D eigenvalue weighted by atomic mass is 35.5. The van der Waals surface area contributed by atoms with Crippen molar-refractivity contribution in [2.75, 3.05) is 0 Å². The summed E-state index contributed by atoms with van der Waals surface area (Å²) in [6.07, 6.45) is 4.03. The summed E-state index contributed by atoms with van der Waals surface area (Å²) in [5.74, 6) is 0.272. The summed E-state index contributed by atoms with van der Waals surface area (Å²) in [7, 11) is 0. The summed E-state index contributed by atoms with van der Waals surface area (Å²) >= 11 is 0. The number of ketones is 1. The molecule has 14 heavy (non-hydrogen) atoms. The van der Waals surface area contributed by atoms with Crippen molar-refractivity contribution in [1.29, 1.82) is 0 Å². The van der Waals surface area contributed by atoms with Crippen molar-refractivity contribution in [1.82, 2.24) is 0 Å². The van der Waals surface area contributed by atoms with E-state index in [1.165, 1.54) is 6.42 Å². The molecular weight excluding hydrogens is 196 g/mol. The Morgan fingerprint density at radius 2 is 1.79 bits per heavy atom. The van der Waals surface area contributed by atoms with Crippen LogP contribution in [0.2, 0.25) is 0 Å². The second kappa shape index (κ2) is 7.57. The van der Waals surface area contributed by atoms with Crippen LogP contribution in [-0.2, 0) is 0 Å². The van der Waals surface area contributed by atoms with E-state index in [1.54, 1.807) is 0 Å². The summed E-state index contributed by atoms with van der Waals surface area (Å²) < 4.78 is 0. The Hall–Kier alpha value is -0.820. The van der Waals surface area contributed by atoms with E-state index in [0.29, 0.717) is 6.42 Å². The van der Waals surface area contributed by atoms with E-state index in [9.17, 15) is 4.79 Å². The standard InChI is InChI=1S/C12H16O.ClH/c1-2-3-5-10-12(13)11-8-6-4-7-9-11;/h4,6-9H,2-3,5,10H2,1H3;1H. The summed E-state index contributed by atoms with van der Waals surface area (Å²) in [5, 5.41) is 0. The highest BCUT2D eigenvalue weighted by molar-refractivity contribution is 5.95. The molecule has 1 rings (SSSR count). The van der Waals surface area contributed by atoms with Crippen molar-refractivity contribution in [2.24, 2.45) is 0 Å². The number of benzene rings is 1. The molecule has 1 aromatic rings. The normalized spacial score (nSPS) is 9.21. The Morgan fingerprint density at radius 1 is 1.14 bits per heavy atom. The van der Waals surface area contributed by atoms with Crippen LogP contribution >= 0.6 is 12.4 Å². The molecule has 0 N–H and O–H groups in total. The molecule has 0 heterocycles. The monoisotopic (exact) mass is 212 g/mol.